The Morgan fingerprint density at radius 3 is 2.66 bits per heavy atom. The van der Waals surface area contributed by atoms with Gasteiger partial charge in [-0.3, -0.25) is 19.6 Å². The zero-order valence-electron chi connectivity index (χ0n) is 15.8. The first-order valence-corrected chi connectivity index (χ1v) is 8.79. The summed E-state index contributed by atoms with van der Waals surface area (Å²) >= 11 is 0. The van der Waals surface area contributed by atoms with Gasteiger partial charge in [0, 0.05) is 6.54 Å². The topological polar surface area (TPSA) is 112 Å². The third-order valence-corrected chi connectivity index (χ3v) is 4.22. The Balaban J connectivity index is 1.51. The molecule has 0 fully saturated rings. The van der Waals surface area contributed by atoms with Gasteiger partial charge in [-0.15, -0.1) is 0 Å². The molecule has 0 saturated heterocycles. The number of carbonyl (C=O) groups excluding carboxylic acids is 1. The molecule has 0 spiro atoms. The molecule has 0 aliphatic rings. The van der Waals surface area contributed by atoms with Gasteiger partial charge >= 0.3 is 5.69 Å². The van der Waals surface area contributed by atoms with Gasteiger partial charge in [0.1, 0.15) is 35.3 Å². The molecule has 29 heavy (non-hydrogen) atoms. The highest BCUT2D eigenvalue weighted by molar-refractivity contribution is 5.91. The summed E-state index contributed by atoms with van der Waals surface area (Å²) in [5.74, 6) is 0.252. The predicted molar refractivity (Wildman–Crippen MR) is 100 cm³/mol. The van der Waals surface area contributed by atoms with E-state index in [9.17, 15) is 19.3 Å². The van der Waals surface area contributed by atoms with E-state index in [2.05, 4.69) is 10.4 Å². The minimum Gasteiger partial charge on any atom is -0.486 e. The molecule has 0 atom stereocenters. The Labute approximate surface area is 165 Å². The van der Waals surface area contributed by atoms with Gasteiger partial charge < -0.3 is 14.5 Å². The highest BCUT2D eigenvalue weighted by Gasteiger charge is 2.21. The summed E-state index contributed by atoms with van der Waals surface area (Å²) in [6, 6.07) is 8.70. The molecule has 1 amide bonds. The molecule has 152 valence electrons. The van der Waals surface area contributed by atoms with Gasteiger partial charge in [0.05, 0.1) is 11.5 Å². The van der Waals surface area contributed by atoms with Crippen LogP contribution in [0.2, 0.25) is 0 Å². The van der Waals surface area contributed by atoms with Crippen LogP contribution in [-0.2, 0) is 13.2 Å². The van der Waals surface area contributed by atoms with Crippen molar-refractivity contribution in [2.45, 2.75) is 27.0 Å². The number of nitrogens with one attached hydrogen (secondary N) is 1. The van der Waals surface area contributed by atoms with E-state index in [0.29, 0.717) is 22.9 Å². The van der Waals surface area contributed by atoms with Crippen molar-refractivity contribution < 1.29 is 23.3 Å². The number of nitrogens with zero attached hydrogens (tertiary/aromatic N) is 3. The Kier molecular flexibility index (Phi) is 5.91. The van der Waals surface area contributed by atoms with Gasteiger partial charge in [0.2, 0.25) is 0 Å². The van der Waals surface area contributed by atoms with Crippen molar-refractivity contribution in [3.05, 3.63) is 75.2 Å². The van der Waals surface area contributed by atoms with E-state index in [1.54, 1.807) is 19.9 Å². The summed E-state index contributed by atoms with van der Waals surface area (Å²) in [5.41, 5.74) is 0.740. The molecule has 0 aliphatic heterocycles. The first kappa shape index (κ1) is 20.1. The summed E-state index contributed by atoms with van der Waals surface area (Å²) in [4.78, 5) is 22.8. The normalized spacial score (nSPS) is 10.7. The van der Waals surface area contributed by atoms with Crippen molar-refractivity contribution >= 4 is 11.6 Å². The summed E-state index contributed by atoms with van der Waals surface area (Å²) in [6.45, 7) is 3.78. The minimum absolute atomic E-state index is 0.0202. The molecule has 0 saturated carbocycles. The molecule has 3 aromatic rings. The molecule has 1 aromatic carbocycles. The number of carbonyl (C=O) groups is 1. The zero-order valence-corrected chi connectivity index (χ0v) is 15.8. The first-order chi connectivity index (χ1) is 13.8. The second-order valence-corrected chi connectivity index (χ2v) is 6.26. The van der Waals surface area contributed by atoms with Crippen molar-refractivity contribution in [1.29, 1.82) is 0 Å². The molecule has 1 N–H and O–H groups in total. The summed E-state index contributed by atoms with van der Waals surface area (Å²) in [7, 11) is 0. The second-order valence-electron chi connectivity index (χ2n) is 6.26. The molecule has 2 aromatic heterocycles. The van der Waals surface area contributed by atoms with E-state index in [1.807, 2.05) is 0 Å². The summed E-state index contributed by atoms with van der Waals surface area (Å²) < 4.78 is 25.3. The lowest BCUT2D eigenvalue weighted by molar-refractivity contribution is -0.386. The number of furan rings is 1. The SMILES string of the molecule is Cc1nn(CCNC(=O)c2ccc(COc3ccc(F)cc3)o2)c(C)c1[N+](=O)[O-]. The fourth-order valence-electron chi connectivity index (χ4n) is 2.79. The highest BCUT2D eigenvalue weighted by atomic mass is 19.1. The Morgan fingerprint density at radius 2 is 2.00 bits per heavy atom. The maximum Gasteiger partial charge on any atom is 0.312 e. The lowest BCUT2D eigenvalue weighted by atomic mass is 10.3. The van der Waals surface area contributed by atoms with Crippen LogP contribution < -0.4 is 10.1 Å². The van der Waals surface area contributed by atoms with Crippen LogP contribution >= 0.6 is 0 Å². The zero-order chi connectivity index (χ0) is 21.0. The van der Waals surface area contributed by atoms with Crippen LogP contribution in [0.4, 0.5) is 10.1 Å². The number of hydrogen-bond donors (Lipinski definition) is 1. The number of benzene rings is 1. The number of ether oxygens (including phenoxy) is 1. The average Bonchev–Trinajstić information content (AvgIpc) is 3.26. The van der Waals surface area contributed by atoms with E-state index < -0.39 is 10.8 Å². The van der Waals surface area contributed by atoms with Gasteiger partial charge in [-0.2, -0.15) is 5.10 Å². The monoisotopic (exact) mass is 402 g/mol. The predicted octanol–water partition coefficient (Wildman–Crippen LogP) is 3.15. The quantitative estimate of drug-likeness (QED) is 0.457. The Morgan fingerprint density at radius 1 is 1.28 bits per heavy atom. The molecular formula is C19H19FN4O5. The number of aromatic nitrogens is 2. The number of rotatable bonds is 8. The molecule has 9 nitrogen and oxygen atoms in total. The summed E-state index contributed by atoms with van der Waals surface area (Å²) in [6.07, 6.45) is 0. The standard InChI is InChI=1S/C19H19FN4O5/c1-12-18(24(26)27)13(2)23(22-12)10-9-21-19(25)17-8-7-16(29-17)11-28-15-5-3-14(20)4-6-15/h3-8H,9-11H2,1-2H3,(H,21,25). The largest absolute Gasteiger partial charge is 0.486 e. The number of hydrogen-bond acceptors (Lipinski definition) is 6. The first-order valence-electron chi connectivity index (χ1n) is 8.79. The smallest absolute Gasteiger partial charge is 0.312 e. The molecule has 2 heterocycles. The molecular weight excluding hydrogens is 383 g/mol. The van der Waals surface area contributed by atoms with Gasteiger partial charge in [-0.05, 0) is 50.2 Å². The molecule has 0 unspecified atom stereocenters. The van der Waals surface area contributed by atoms with Crippen molar-refractivity contribution in [3.63, 3.8) is 0 Å². The van der Waals surface area contributed by atoms with E-state index in [4.69, 9.17) is 9.15 Å². The third-order valence-electron chi connectivity index (χ3n) is 4.22. The van der Waals surface area contributed by atoms with Gasteiger partial charge in [0.25, 0.3) is 5.91 Å². The van der Waals surface area contributed by atoms with Crippen LogP contribution in [0.1, 0.15) is 27.7 Å². The fraction of sp³-hybridized carbons (Fsp3) is 0.263. The lowest BCUT2D eigenvalue weighted by Crippen LogP contribution is -2.27. The van der Waals surface area contributed by atoms with E-state index >= 15 is 0 Å². The van der Waals surface area contributed by atoms with Crippen LogP contribution in [-0.4, -0.2) is 27.2 Å². The van der Waals surface area contributed by atoms with E-state index in [-0.39, 0.29) is 37.0 Å². The number of amides is 1. The molecule has 0 aliphatic carbocycles. The van der Waals surface area contributed by atoms with Gasteiger partial charge in [0.15, 0.2) is 5.76 Å². The van der Waals surface area contributed by atoms with Crippen LogP contribution in [0.3, 0.4) is 0 Å². The van der Waals surface area contributed by atoms with Gasteiger partial charge in [-0.1, -0.05) is 0 Å². The maximum absolute atomic E-state index is 12.9. The highest BCUT2D eigenvalue weighted by Crippen LogP contribution is 2.21. The summed E-state index contributed by atoms with van der Waals surface area (Å²) in [5, 5.41) is 17.8. The second kappa shape index (κ2) is 8.55. The average molecular weight is 402 g/mol. The van der Waals surface area contributed by atoms with Crippen molar-refractivity contribution in [1.82, 2.24) is 15.1 Å². The molecule has 10 heteroatoms. The third kappa shape index (κ3) is 4.78. The maximum atomic E-state index is 12.9. The molecule has 0 radical (unpaired) electrons. The number of nitro groups is 1. The van der Waals surface area contributed by atoms with Crippen LogP contribution in [0, 0.1) is 29.8 Å². The number of halogens is 1. The Bertz CT molecular complexity index is 1030. The van der Waals surface area contributed by atoms with Gasteiger partial charge in [-0.25, -0.2) is 4.39 Å². The van der Waals surface area contributed by atoms with Crippen molar-refractivity contribution in [2.75, 3.05) is 6.54 Å². The fourth-order valence-corrected chi connectivity index (χ4v) is 2.79. The minimum atomic E-state index is -0.467. The van der Waals surface area contributed by atoms with E-state index in [0.717, 1.165) is 0 Å². The van der Waals surface area contributed by atoms with Crippen molar-refractivity contribution in [2.24, 2.45) is 0 Å². The molecule has 3 rings (SSSR count). The number of aryl methyl sites for hydroxylation is 1. The van der Waals surface area contributed by atoms with Crippen LogP contribution in [0.5, 0.6) is 5.75 Å². The Hall–Kier alpha value is -3.69. The van der Waals surface area contributed by atoms with E-state index in [1.165, 1.54) is 35.0 Å². The lowest BCUT2D eigenvalue weighted by Gasteiger charge is -2.05. The van der Waals surface area contributed by atoms with Crippen molar-refractivity contribution in [3.8, 4) is 5.75 Å². The van der Waals surface area contributed by atoms with Crippen LogP contribution in [0.15, 0.2) is 40.8 Å². The van der Waals surface area contributed by atoms with Crippen LogP contribution in [0.25, 0.3) is 0 Å². The molecule has 0 bridgehead atoms.